The predicted molar refractivity (Wildman–Crippen MR) is 101 cm³/mol. The number of ketones is 1. The topological polar surface area (TPSA) is 109 Å². The molecule has 1 aromatic rings. The lowest BCUT2D eigenvalue weighted by Gasteiger charge is -2.36. The van der Waals surface area contributed by atoms with Crippen molar-refractivity contribution in [1.29, 1.82) is 0 Å². The Labute approximate surface area is 164 Å². The third kappa shape index (κ3) is 3.10. The molecule has 2 heterocycles. The fourth-order valence-electron chi connectivity index (χ4n) is 4.40. The maximum Gasteiger partial charge on any atom is 0.340 e. The summed E-state index contributed by atoms with van der Waals surface area (Å²) in [6, 6.07) is -0.529. The quantitative estimate of drug-likeness (QED) is 0.457. The van der Waals surface area contributed by atoms with E-state index in [0.29, 0.717) is 23.2 Å². The van der Waals surface area contributed by atoms with E-state index in [-0.39, 0.29) is 30.7 Å². The van der Waals surface area contributed by atoms with Crippen molar-refractivity contribution >= 4 is 23.7 Å². The van der Waals surface area contributed by atoms with Crippen LogP contribution >= 0.6 is 0 Å². The molecule has 1 aliphatic heterocycles. The molecule has 28 heavy (non-hydrogen) atoms. The van der Waals surface area contributed by atoms with Crippen LogP contribution < -0.4 is 5.32 Å². The number of hydrogen-bond acceptors (Lipinski definition) is 5. The Morgan fingerprint density at radius 3 is 2.61 bits per heavy atom. The number of H-pyrrole nitrogens is 1. The summed E-state index contributed by atoms with van der Waals surface area (Å²) in [6.07, 6.45) is 3.36. The molecule has 2 N–H and O–H groups in total. The van der Waals surface area contributed by atoms with Crippen LogP contribution in [0.1, 0.15) is 71.6 Å². The summed E-state index contributed by atoms with van der Waals surface area (Å²) in [5.41, 5.74) is 0.632. The van der Waals surface area contributed by atoms with Gasteiger partial charge in [-0.3, -0.25) is 14.5 Å². The van der Waals surface area contributed by atoms with Crippen LogP contribution in [0, 0.1) is 19.8 Å². The molecule has 1 saturated carbocycles. The summed E-state index contributed by atoms with van der Waals surface area (Å²) in [5, 5.41) is 2.84. The van der Waals surface area contributed by atoms with Crippen molar-refractivity contribution in [2.24, 2.45) is 5.92 Å². The van der Waals surface area contributed by atoms with Gasteiger partial charge in [0, 0.05) is 5.69 Å². The molecule has 1 spiro atoms. The average Bonchev–Trinajstić information content (AvgIpc) is 3.06. The van der Waals surface area contributed by atoms with Gasteiger partial charge in [0.1, 0.15) is 5.54 Å². The van der Waals surface area contributed by atoms with E-state index in [1.54, 1.807) is 20.8 Å². The third-order valence-electron chi connectivity index (χ3n) is 6.00. The minimum absolute atomic E-state index is 0.0303. The van der Waals surface area contributed by atoms with Gasteiger partial charge in [0.2, 0.25) is 0 Å². The molecule has 8 nitrogen and oxygen atoms in total. The van der Waals surface area contributed by atoms with Crippen molar-refractivity contribution < 1.29 is 23.9 Å². The number of aromatic nitrogens is 1. The van der Waals surface area contributed by atoms with Crippen molar-refractivity contribution in [3.63, 3.8) is 0 Å². The first-order chi connectivity index (χ1) is 13.2. The minimum Gasteiger partial charge on any atom is -0.462 e. The molecule has 0 radical (unpaired) electrons. The number of esters is 1. The Balaban J connectivity index is 1.82. The SMILES string of the molecule is CCOC(=O)c1c(C)[nH]c(C(=O)CN2C(=O)NC3(CCCCC3C)C2=O)c1C. The number of carbonyl (C=O) groups excluding carboxylic acids is 4. The number of carbonyl (C=O) groups is 4. The molecule has 2 atom stereocenters. The number of nitrogens with one attached hydrogen (secondary N) is 2. The number of aryl methyl sites for hydroxylation is 1. The lowest BCUT2D eigenvalue weighted by atomic mass is 9.73. The number of hydrogen-bond donors (Lipinski definition) is 2. The van der Waals surface area contributed by atoms with Gasteiger partial charge >= 0.3 is 12.0 Å². The lowest BCUT2D eigenvalue weighted by Crippen LogP contribution is -2.54. The molecule has 1 aromatic heterocycles. The van der Waals surface area contributed by atoms with Crippen LogP contribution in [0.2, 0.25) is 0 Å². The molecule has 152 valence electrons. The minimum atomic E-state index is -0.896. The highest BCUT2D eigenvalue weighted by Crippen LogP contribution is 2.38. The van der Waals surface area contributed by atoms with Gasteiger partial charge in [-0.05, 0) is 45.1 Å². The van der Waals surface area contributed by atoms with Crippen molar-refractivity contribution in [2.45, 2.75) is 58.9 Å². The molecular formula is C20H27N3O5. The fourth-order valence-corrected chi connectivity index (χ4v) is 4.40. The number of ether oxygens (including phenoxy) is 1. The van der Waals surface area contributed by atoms with E-state index in [4.69, 9.17) is 4.74 Å². The highest BCUT2D eigenvalue weighted by molar-refractivity contribution is 6.11. The monoisotopic (exact) mass is 389 g/mol. The zero-order valence-corrected chi connectivity index (χ0v) is 16.8. The molecule has 0 bridgehead atoms. The molecule has 3 rings (SSSR count). The van der Waals surface area contributed by atoms with E-state index < -0.39 is 23.3 Å². The van der Waals surface area contributed by atoms with Gasteiger partial charge in [0.15, 0.2) is 5.78 Å². The van der Waals surface area contributed by atoms with Crippen LogP contribution in [-0.2, 0) is 9.53 Å². The van der Waals surface area contributed by atoms with Crippen molar-refractivity contribution in [3.05, 3.63) is 22.5 Å². The number of amides is 3. The molecule has 0 aromatic carbocycles. The lowest BCUT2D eigenvalue weighted by molar-refractivity contribution is -0.133. The smallest absolute Gasteiger partial charge is 0.340 e. The normalized spacial score (nSPS) is 24.6. The van der Waals surface area contributed by atoms with Crippen LogP contribution in [0.4, 0.5) is 4.79 Å². The maximum absolute atomic E-state index is 13.0. The Morgan fingerprint density at radius 2 is 1.96 bits per heavy atom. The van der Waals surface area contributed by atoms with E-state index in [1.165, 1.54) is 0 Å². The highest BCUT2D eigenvalue weighted by Gasteiger charge is 2.55. The predicted octanol–water partition coefficient (Wildman–Crippen LogP) is 2.49. The number of nitrogens with zero attached hydrogens (tertiary/aromatic N) is 1. The Hall–Kier alpha value is -2.64. The number of urea groups is 1. The summed E-state index contributed by atoms with van der Waals surface area (Å²) in [5.74, 6) is -1.22. The first-order valence-corrected chi connectivity index (χ1v) is 9.76. The first kappa shape index (κ1) is 20.1. The number of rotatable bonds is 5. The highest BCUT2D eigenvalue weighted by atomic mass is 16.5. The van der Waals surface area contributed by atoms with Crippen LogP contribution in [0.25, 0.3) is 0 Å². The Morgan fingerprint density at radius 1 is 1.25 bits per heavy atom. The number of imide groups is 1. The largest absolute Gasteiger partial charge is 0.462 e. The van der Waals surface area contributed by atoms with E-state index in [1.807, 2.05) is 6.92 Å². The van der Waals surface area contributed by atoms with Gasteiger partial charge in [-0.1, -0.05) is 19.8 Å². The second-order valence-corrected chi connectivity index (χ2v) is 7.71. The van der Waals surface area contributed by atoms with Gasteiger partial charge in [-0.2, -0.15) is 0 Å². The molecule has 1 saturated heterocycles. The van der Waals surface area contributed by atoms with E-state index >= 15 is 0 Å². The Bertz CT molecular complexity index is 843. The second kappa shape index (κ2) is 7.41. The molecule has 3 amide bonds. The van der Waals surface area contributed by atoms with E-state index in [9.17, 15) is 19.2 Å². The standard InChI is InChI=1S/C20H27N3O5/c1-5-28-17(25)15-12(3)16(21-13(15)4)14(24)10-23-18(26)20(22-19(23)27)9-7-6-8-11(20)2/h11,21H,5-10H2,1-4H3,(H,22,27). The van der Waals surface area contributed by atoms with Crippen LogP contribution in [0.15, 0.2) is 0 Å². The van der Waals surface area contributed by atoms with Gasteiger partial charge < -0.3 is 15.0 Å². The van der Waals surface area contributed by atoms with Gasteiger partial charge in [-0.25, -0.2) is 9.59 Å². The molecule has 2 fully saturated rings. The van der Waals surface area contributed by atoms with Gasteiger partial charge in [0.25, 0.3) is 5.91 Å². The summed E-state index contributed by atoms with van der Waals surface area (Å²) < 4.78 is 5.04. The number of aromatic amines is 1. The molecule has 1 aliphatic carbocycles. The van der Waals surface area contributed by atoms with Crippen molar-refractivity contribution in [2.75, 3.05) is 13.2 Å². The Kier molecular flexibility index (Phi) is 5.32. The molecule has 2 unspecified atom stereocenters. The van der Waals surface area contributed by atoms with Gasteiger partial charge in [0.05, 0.1) is 24.4 Å². The second-order valence-electron chi connectivity index (χ2n) is 7.71. The zero-order chi connectivity index (χ0) is 20.6. The summed E-state index contributed by atoms with van der Waals surface area (Å²) in [4.78, 5) is 54.4. The van der Waals surface area contributed by atoms with Crippen LogP contribution in [0.5, 0.6) is 0 Å². The van der Waals surface area contributed by atoms with Crippen molar-refractivity contribution in [3.8, 4) is 0 Å². The molecule has 8 heteroatoms. The average molecular weight is 389 g/mol. The van der Waals surface area contributed by atoms with E-state index in [2.05, 4.69) is 10.3 Å². The zero-order valence-electron chi connectivity index (χ0n) is 16.8. The summed E-state index contributed by atoms with van der Waals surface area (Å²) in [6.45, 7) is 6.88. The summed E-state index contributed by atoms with van der Waals surface area (Å²) >= 11 is 0. The molecule has 2 aliphatic rings. The van der Waals surface area contributed by atoms with Gasteiger partial charge in [-0.15, -0.1) is 0 Å². The first-order valence-electron chi connectivity index (χ1n) is 9.76. The molecular weight excluding hydrogens is 362 g/mol. The van der Waals surface area contributed by atoms with Crippen molar-refractivity contribution in [1.82, 2.24) is 15.2 Å². The summed E-state index contributed by atoms with van der Waals surface area (Å²) in [7, 11) is 0. The van der Waals surface area contributed by atoms with Crippen LogP contribution in [-0.4, -0.2) is 52.3 Å². The maximum atomic E-state index is 13.0. The fraction of sp³-hybridized carbons (Fsp3) is 0.600. The van der Waals surface area contributed by atoms with Crippen LogP contribution in [0.3, 0.4) is 0 Å². The number of Topliss-reactive ketones (excluding diaryl/α,β-unsaturated/α-hetero) is 1. The van der Waals surface area contributed by atoms with E-state index in [0.717, 1.165) is 24.2 Å². The third-order valence-corrected chi connectivity index (χ3v) is 6.00.